The number of hydrogen-bond acceptors (Lipinski definition) is 4. The highest BCUT2D eigenvalue weighted by molar-refractivity contribution is 5.93. The van der Waals surface area contributed by atoms with E-state index in [0.29, 0.717) is 5.56 Å². The molecule has 0 aliphatic rings. The Morgan fingerprint density at radius 3 is 2.47 bits per heavy atom. The summed E-state index contributed by atoms with van der Waals surface area (Å²) in [5.41, 5.74) is 0.749. The Kier molecular flexibility index (Phi) is 3.05. The Bertz CT molecular complexity index is 584. The molecule has 0 saturated carbocycles. The summed E-state index contributed by atoms with van der Waals surface area (Å²) < 4.78 is 9.47. The molecule has 0 amide bonds. The lowest BCUT2D eigenvalue weighted by Gasteiger charge is -2.05. The normalized spacial score (nSPS) is 9.94. The summed E-state index contributed by atoms with van der Waals surface area (Å²) in [4.78, 5) is 22.6. The Labute approximate surface area is 97.5 Å². The van der Waals surface area contributed by atoms with E-state index in [1.807, 2.05) is 30.3 Å². The van der Waals surface area contributed by atoms with Gasteiger partial charge >= 0.3 is 11.6 Å². The molecular weight excluding hydrogens is 220 g/mol. The van der Waals surface area contributed by atoms with Crippen LogP contribution in [0.2, 0.25) is 0 Å². The van der Waals surface area contributed by atoms with Gasteiger partial charge in [0.1, 0.15) is 0 Å². The van der Waals surface area contributed by atoms with Crippen LogP contribution in [0.4, 0.5) is 0 Å². The highest BCUT2D eigenvalue weighted by Crippen LogP contribution is 2.22. The van der Waals surface area contributed by atoms with E-state index in [2.05, 4.69) is 4.74 Å². The molecule has 0 spiro atoms. The Balaban J connectivity index is 2.62. The minimum Gasteiger partial charge on any atom is -0.463 e. The number of carbonyl (C=O) groups excluding carboxylic acids is 1. The zero-order valence-corrected chi connectivity index (χ0v) is 9.17. The zero-order valence-electron chi connectivity index (χ0n) is 9.17. The molecule has 0 radical (unpaired) electrons. The Morgan fingerprint density at radius 1 is 1.12 bits per heavy atom. The Hall–Kier alpha value is -2.36. The number of benzene rings is 1. The van der Waals surface area contributed by atoms with E-state index in [4.69, 9.17) is 4.42 Å². The average Bonchev–Trinajstić information content (AvgIpc) is 2.38. The van der Waals surface area contributed by atoms with Gasteiger partial charge in [-0.25, -0.2) is 9.59 Å². The van der Waals surface area contributed by atoms with E-state index in [1.165, 1.54) is 13.2 Å². The lowest BCUT2D eigenvalue weighted by molar-refractivity contribution is 0.0561. The number of esters is 1. The molecule has 0 atom stereocenters. The number of carbonyl (C=O) groups is 1. The molecule has 4 nitrogen and oxygen atoms in total. The third-order valence-corrected chi connectivity index (χ3v) is 2.29. The summed E-state index contributed by atoms with van der Waals surface area (Å²) in [6, 6.07) is 12.0. The number of ether oxygens (including phenoxy) is 1. The van der Waals surface area contributed by atoms with Crippen molar-refractivity contribution in [2.45, 2.75) is 0 Å². The van der Waals surface area contributed by atoms with Crippen molar-refractivity contribution in [3.8, 4) is 11.1 Å². The van der Waals surface area contributed by atoms with Gasteiger partial charge in [-0.05, 0) is 11.6 Å². The fourth-order valence-electron chi connectivity index (χ4n) is 1.51. The van der Waals surface area contributed by atoms with Crippen LogP contribution in [0.5, 0.6) is 0 Å². The quantitative estimate of drug-likeness (QED) is 0.741. The van der Waals surface area contributed by atoms with Crippen LogP contribution in [0.25, 0.3) is 11.1 Å². The van der Waals surface area contributed by atoms with Gasteiger partial charge < -0.3 is 9.15 Å². The molecule has 1 heterocycles. The fourth-order valence-corrected chi connectivity index (χ4v) is 1.51. The summed E-state index contributed by atoms with van der Waals surface area (Å²) in [5, 5.41) is 0. The summed E-state index contributed by atoms with van der Waals surface area (Å²) in [7, 11) is 1.24. The van der Waals surface area contributed by atoms with Crippen LogP contribution in [-0.4, -0.2) is 13.1 Å². The standard InChI is InChI=1S/C13H10O4/c1-16-13(15)12-10(7-8-11(14)17-12)9-5-3-2-4-6-9/h2-8H,1H3. The maximum absolute atomic E-state index is 11.5. The monoisotopic (exact) mass is 230 g/mol. The molecule has 0 aliphatic heterocycles. The molecule has 0 fully saturated rings. The zero-order chi connectivity index (χ0) is 12.3. The maximum Gasteiger partial charge on any atom is 0.374 e. The highest BCUT2D eigenvalue weighted by atomic mass is 16.5. The molecule has 0 N–H and O–H groups in total. The second-order valence-corrected chi connectivity index (χ2v) is 3.35. The van der Waals surface area contributed by atoms with Crippen LogP contribution in [0.15, 0.2) is 51.7 Å². The lowest BCUT2D eigenvalue weighted by atomic mass is 10.1. The molecule has 17 heavy (non-hydrogen) atoms. The number of hydrogen-bond donors (Lipinski definition) is 0. The van der Waals surface area contributed by atoms with Crippen molar-refractivity contribution in [1.29, 1.82) is 0 Å². The van der Waals surface area contributed by atoms with Crippen LogP contribution in [0.1, 0.15) is 10.6 Å². The van der Waals surface area contributed by atoms with Crippen LogP contribution in [0.3, 0.4) is 0 Å². The second kappa shape index (κ2) is 4.65. The first-order valence-corrected chi connectivity index (χ1v) is 5.00. The van der Waals surface area contributed by atoms with Gasteiger partial charge in [0, 0.05) is 11.6 Å². The van der Waals surface area contributed by atoms with Crippen molar-refractivity contribution < 1.29 is 13.9 Å². The summed E-state index contributed by atoms with van der Waals surface area (Å²) in [5.74, 6) is -0.743. The van der Waals surface area contributed by atoms with Crippen molar-refractivity contribution in [3.63, 3.8) is 0 Å². The van der Waals surface area contributed by atoms with Crippen LogP contribution >= 0.6 is 0 Å². The topological polar surface area (TPSA) is 56.5 Å². The molecular formula is C13H10O4. The van der Waals surface area contributed by atoms with Crippen molar-refractivity contribution in [1.82, 2.24) is 0 Å². The van der Waals surface area contributed by atoms with Gasteiger partial charge in [0.2, 0.25) is 5.76 Å². The minimum absolute atomic E-state index is 0.0776. The molecule has 4 heteroatoms. The molecule has 0 saturated heterocycles. The summed E-state index contributed by atoms with van der Waals surface area (Å²) in [6.45, 7) is 0. The van der Waals surface area contributed by atoms with E-state index in [1.54, 1.807) is 6.07 Å². The van der Waals surface area contributed by atoms with Gasteiger partial charge in [-0.3, -0.25) is 0 Å². The van der Waals surface area contributed by atoms with Crippen molar-refractivity contribution >= 4 is 5.97 Å². The van der Waals surface area contributed by atoms with Crippen LogP contribution in [-0.2, 0) is 4.74 Å². The largest absolute Gasteiger partial charge is 0.463 e. The first kappa shape index (κ1) is 11.1. The van der Waals surface area contributed by atoms with Gasteiger partial charge in [-0.15, -0.1) is 0 Å². The van der Waals surface area contributed by atoms with E-state index >= 15 is 0 Å². The highest BCUT2D eigenvalue weighted by Gasteiger charge is 2.16. The molecule has 1 aromatic carbocycles. The lowest BCUT2D eigenvalue weighted by Crippen LogP contribution is -2.08. The van der Waals surface area contributed by atoms with Gasteiger partial charge in [0.15, 0.2) is 0 Å². The first-order chi connectivity index (χ1) is 8.22. The third kappa shape index (κ3) is 2.25. The smallest absolute Gasteiger partial charge is 0.374 e. The van der Waals surface area contributed by atoms with Crippen LogP contribution in [0, 0.1) is 0 Å². The van der Waals surface area contributed by atoms with Gasteiger partial charge in [0.05, 0.1) is 7.11 Å². The first-order valence-electron chi connectivity index (χ1n) is 5.00. The molecule has 0 bridgehead atoms. The Morgan fingerprint density at radius 2 is 1.82 bits per heavy atom. The molecule has 2 aromatic rings. The molecule has 0 aliphatic carbocycles. The fraction of sp³-hybridized carbons (Fsp3) is 0.0769. The predicted molar refractivity (Wildman–Crippen MR) is 61.8 cm³/mol. The minimum atomic E-state index is -0.665. The SMILES string of the molecule is COC(=O)c1oc(=O)ccc1-c1ccccc1. The van der Waals surface area contributed by atoms with Crippen LogP contribution < -0.4 is 5.63 Å². The average molecular weight is 230 g/mol. The van der Waals surface area contributed by atoms with Gasteiger partial charge in [-0.1, -0.05) is 30.3 Å². The van der Waals surface area contributed by atoms with Crippen molar-refractivity contribution in [3.05, 3.63) is 58.6 Å². The maximum atomic E-state index is 11.5. The third-order valence-electron chi connectivity index (χ3n) is 2.29. The molecule has 86 valence electrons. The molecule has 0 unspecified atom stereocenters. The van der Waals surface area contributed by atoms with Gasteiger partial charge in [-0.2, -0.15) is 0 Å². The summed E-state index contributed by atoms with van der Waals surface area (Å²) >= 11 is 0. The van der Waals surface area contributed by atoms with Crippen molar-refractivity contribution in [2.24, 2.45) is 0 Å². The number of methoxy groups -OCH3 is 1. The number of rotatable bonds is 2. The summed E-state index contributed by atoms with van der Waals surface area (Å²) in [6.07, 6.45) is 0. The second-order valence-electron chi connectivity index (χ2n) is 3.35. The molecule has 1 aromatic heterocycles. The van der Waals surface area contributed by atoms with E-state index in [0.717, 1.165) is 5.56 Å². The van der Waals surface area contributed by atoms with E-state index in [-0.39, 0.29) is 5.76 Å². The molecule has 2 rings (SSSR count). The van der Waals surface area contributed by atoms with E-state index < -0.39 is 11.6 Å². The predicted octanol–water partition coefficient (Wildman–Crippen LogP) is 2.09. The van der Waals surface area contributed by atoms with Gasteiger partial charge in [0.25, 0.3) is 0 Å². The van der Waals surface area contributed by atoms with E-state index in [9.17, 15) is 9.59 Å². The van der Waals surface area contributed by atoms with Crippen molar-refractivity contribution in [2.75, 3.05) is 7.11 Å².